The largest absolute Gasteiger partial charge is 0.493 e. The lowest BCUT2D eigenvalue weighted by Gasteiger charge is -2.32. The standard InChI is InChI=1S/C21H27N5O3/c1-3-4-14-29-17-7-5-6-16(15-17)20-22-21(28)18(23-24-20)8-9-19(27)26-12-10-25(2)11-13-26/h3,5-7,15H,1,4,8-14H2,2H3,(H,22,24,28). The molecule has 1 saturated heterocycles. The number of amides is 1. The van der Waals surface area contributed by atoms with Crippen molar-refractivity contribution < 1.29 is 9.53 Å². The van der Waals surface area contributed by atoms with Crippen molar-refractivity contribution in [1.82, 2.24) is 25.0 Å². The monoisotopic (exact) mass is 397 g/mol. The van der Waals surface area contributed by atoms with Gasteiger partial charge in [-0.3, -0.25) is 9.59 Å². The Hall–Kier alpha value is -3.00. The van der Waals surface area contributed by atoms with E-state index < -0.39 is 0 Å². The summed E-state index contributed by atoms with van der Waals surface area (Å²) in [5.74, 6) is 1.11. The van der Waals surface area contributed by atoms with Gasteiger partial charge in [0.25, 0.3) is 5.56 Å². The number of nitrogens with one attached hydrogen (secondary N) is 1. The van der Waals surface area contributed by atoms with Crippen LogP contribution in [0.15, 0.2) is 41.7 Å². The third-order valence-electron chi connectivity index (χ3n) is 4.89. The van der Waals surface area contributed by atoms with Crippen LogP contribution in [0.5, 0.6) is 5.75 Å². The molecule has 1 amide bonds. The number of ether oxygens (including phenoxy) is 1. The second-order valence-electron chi connectivity index (χ2n) is 7.09. The van der Waals surface area contributed by atoms with E-state index in [0.29, 0.717) is 23.7 Å². The normalized spacial score (nSPS) is 14.6. The lowest BCUT2D eigenvalue weighted by atomic mass is 10.2. The van der Waals surface area contributed by atoms with E-state index in [4.69, 9.17) is 4.74 Å². The zero-order chi connectivity index (χ0) is 20.6. The first kappa shape index (κ1) is 20.7. The molecule has 0 saturated carbocycles. The molecule has 1 aliphatic heterocycles. The van der Waals surface area contributed by atoms with Crippen LogP contribution >= 0.6 is 0 Å². The highest BCUT2D eigenvalue weighted by atomic mass is 16.5. The molecule has 0 spiro atoms. The quantitative estimate of drug-likeness (QED) is 0.536. The van der Waals surface area contributed by atoms with E-state index in [1.165, 1.54) is 0 Å². The van der Waals surface area contributed by atoms with Crippen molar-refractivity contribution in [2.45, 2.75) is 19.3 Å². The fourth-order valence-electron chi connectivity index (χ4n) is 3.09. The third-order valence-corrected chi connectivity index (χ3v) is 4.89. The molecule has 1 aliphatic rings. The summed E-state index contributed by atoms with van der Waals surface area (Å²) in [6, 6.07) is 7.31. The van der Waals surface area contributed by atoms with Gasteiger partial charge in [-0.05, 0) is 25.6 Å². The number of hydrogen-bond donors (Lipinski definition) is 1. The maximum atomic E-state index is 12.4. The molecular weight excluding hydrogens is 370 g/mol. The highest BCUT2D eigenvalue weighted by Crippen LogP contribution is 2.20. The second kappa shape index (κ2) is 9.97. The summed E-state index contributed by atoms with van der Waals surface area (Å²) in [5, 5.41) is 8.20. The number of aryl methyl sites for hydroxylation is 1. The molecule has 0 bridgehead atoms. The van der Waals surface area contributed by atoms with Gasteiger partial charge in [-0.2, -0.15) is 0 Å². The van der Waals surface area contributed by atoms with E-state index in [0.717, 1.165) is 32.6 Å². The second-order valence-corrected chi connectivity index (χ2v) is 7.09. The van der Waals surface area contributed by atoms with Crippen molar-refractivity contribution in [3.63, 3.8) is 0 Å². The molecule has 1 aromatic heterocycles. The predicted molar refractivity (Wildman–Crippen MR) is 111 cm³/mol. The van der Waals surface area contributed by atoms with E-state index in [-0.39, 0.29) is 30.0 Å². The summed E-state index contributed by atoms with van der Waals surface area (Å²) < 4.78 is 5.64. The summed E-state index contributed by atoms with van der Waals surface area (Å²) >= 11 is 0. The molecule has 154 valence electrons. The number of rotatable bonds is 8. The first-order valence-corrected chi connectivity index (χ1v) is 9.83. The number of carbonyl (C=O) groups excluding carboxylic acids is 1. The number of H-pyrrole nitrogens is 1. The van der Waals surface area contributed by atoms with Crippen LogP contribution in [-0.2, 0) is 11.2 Å². The Morgan fingerprint density at radius 3 is 2.79 bits per heavy atom. The van der Waals surface area contributed by atoms with Crippen LogP contribution in [0.25, 0.3) is 11.4 Å². The van der Waals surface area contributed by atoms with Gasteiger partial charge in [0.05, 0.1) is 6.61 Å². The van der Waals surface area contributed by atoms with Crippen molar-refractivity contribution in [1.29, 1.82) is 0 Å². The van der Waals surface area contributed by atoms with Crippen LogP contribution in [0.2, 0.25) is 0 Å². The van der Waals surface area contributed by atoms with Crippen LogP contribution in [-0.4, -0.2) is 70.7 Å². The van der Waals surface area contributed by atoms with Crippen LogP contribution in [0.1, 0.15) is 18.5 Å². The summed E-state index contributed by atoms with van der Waals surface area (Å²) in [7, 11) is 2.04. The molecule has 0 radical (unpaired) electrons. The molecule has 8 nitrogen and oxygen atoms in total. The van der Waals surface area contributed by atoms with Crippen LogP contribution in [0.4, 0.5) is 0 Å². The van der Waals surface area contributed by atoms with E-state index in [2.05, 4.69) is 26.7 Å². The van der Waals surface area contributed by atoms with Crippen LogP contribution in [0, 0.1) is 0 Å². The minimum Gasteiger partial charge on any atom is -0.493 e. The summed E-state index contributed by atoms with van der Waals surface area (Å²) in [5.41, 5.74) is 0.666. The number of piperazine rings is 1. The molecule has 0 unspecified atom stereocenters. The number of benzene rings is 1. The molecule has 0 atom stereocenters. The van der Waals surface area contributed by atoms with E-state index in [1.54, 1.807) is 12.1 Å². The minimum absolute atomic E-state index is 0.0488. The highest BCUT2D eigenvalue weighted by molar-refractivity contribution is 5.76. The van der Waals surface area contributed by atoms with Gasteiger partial charge in [0.1, 0.15) is 11.4 Å². The number of nitrogens with zero attached hydrogens (tertiary/aromatic N) is 4. The van der Waals surface area contributed by atoms with E-state index >= 15 is 0 Å². The average Bonchev–Trinajstić information content (AvgIpc) is 2.73. The van der Waals surface area contributed by atoms with Gasteiger partial charge in [0.2, 0.25) is 5.91 Å². The first-order chi connectivity index (χ1) is 14.1. The Labute approximate surface area is 170 Å². The molecule has 1 aromatic carbocycles. The maximum Gasteiger partial charge on any atom is 0.273 e. The van der Waals surface area contributed by atoms with Gasteiger partial charge < -0.3 is 19.5 Å². The lowest BCUT2D eigenvalue weighted by molar-refractivity contribution is -0.132. The summed E-state index contributed by atoms with van der Waals surface area (Å²) in [6.45, 7) is 7.40. The van der Waals surface area contributed by atoms with Crippen LogP contribution < -0.4 is 10.3 Å². The first-order valence-electron chi connectivity index (χ1n) is 9.83. The Morgan fingerprint density at radius 2 is 2.07 bits per heavy atom. The smallest absolute Gasteiger partial charge is 0.273 e. The van der Waals surface area contributed by atoms with Crippen molar-refractivity contribution >= 4 is 5.91 Å². The molecule has 8 heteroatoms. The number of carbonyl (C=O) groups is 1. The highest BCUT2D eigenvalue weighted by Gasteiger charge is 2.19. The molecule has 1 fully saturated rings. The van der Waals surface area contributed by atoms with Gasteiger partial charge in [0, 0.05) is 44.6 Å². The molecular formula is C21H27N5O3. The van der Waals surface area contributed by atoms with Gasteiger partial charge in [-0.15, -0.1) is 16.8 Å². The van der Waals surface area contributed by atoms with Crippen molar-refractivity contribution in [2.75, 3.05) is 39.8 Å². The number of likely N-dealkylation sites (N-methyl/N-ethyl adjacent to an activating group) is 1. The molecule has 0 aliphatic carbocycles. The van der Waals surface area contributed by atoms with Gasteiger partial charge in [0.15, 0.2) is 5.82 Å². The predicted octanol–water partition coefficient (Wildman–Crippen LogP) is 1.49. The van der Waals surface area contributed by atoms with E-state index in [9.17, 15) is 9.59 Å². The van der Waals surface area contributed by atoms with Gasteiger partial charge in [-0.1, -0.05) is 18.2 Å². The zero-order valence-electron chi connectivity index (χ0n) is 16.8. The Morgan fingerprint density at radius 1 is 1.28 bits per heavy atom. The molecule has 2 aromatic rings. The zero-order valence-corrected chi connectivity index (χ0v) is 16.8. The van der Waals surface area contributed by atoms with Gasteiger partial charge in [-0.25, -0.2) is 0 Å². The minimum atomic E-state index is -0.320. The van der Waals surface area contributed by atoms with Crippen LogP contribution in [0.3, 0.4) is 0 Å². The molecule has 29 heavy (non-hydrogen) atoms. The Kier molecular flexibility index (Phi) is 7.13. The Balaban J connectivity index is 1.61. The molecule has 1 N–H and O–H groups in total. The van der Waals surface area contributed by atoms with Crippen molar-refractivity contribution in [3.05, 3.63) is 53.0 Å². The fourth-order valence-corrected chi connectivity index (χ4v) is 3.09. The Bertz CT molecular complexity index is 903. The number of hydrogen-bond acceptors (Lipinski definition) is 6. The van der Waals surface area contributed by atoms with Crippen molar-refractivity contribution in [3.8, 4) is 17.1 Å². The SMILES string of the molecule is C=CCCOc1cccc(-c2nnc(CCC(=O)N3CCN(C)CC3)c(=O)[nH]2)c1. The average molecular weight is 397 g/mol. The lowest BCUT2D eigenvalue weighted by Crippen LogP contribution is -2.47. The summed E-state index contributed by atoms with van der Waals surface area (Å²) in [6.07, 6.45) is 3.08. The van der Waals surface area contributed by atoms with Gasteiger partial charge >= 0.3 is 0 Å². The topological polar surface area (TPSA) is 91.4 Å². The van der Waals surface area contributed by atoms with Crippen molar-refractivity contribution in [2.24, 2.45) is 0 Å². The number of aromatic amines is 1. The summed E-state index contributed by atoms with van der Waals surface area (Å²) in [4.78, 5) is 31.6. The number of aromatic nitrogens is 3. The molecule has 2 heterocycles. The fraction of sp³-hybridized carbons (Fsp3) is 0.429. The maximum absolute atomic E-state index is 12.4. The third kappa shape index (κ3) is 5.74. The molecule has 3 rings (SSSR count). The van der Waals surface area contributed by atoms with E-state index in [1.807, 2.05) is 30.1 Å².